The van der Waals surface area contributed by atoms with E-state index in [-0.39, 0.29) is 6.54 Å². The molecule has 1 amide bonds. The molecule has 0 aliphatic heterocycles. The van der Waals surface area contributed by atoms with Crippen LogP contribution in [-0.2, 0) is 6.54 Å². The molecule has 0 atom stereocenters. The van der Waals surface area contributed by atoms with E-state index in [1.54, 1.807) is 43.9 Å². The highest BCUT2D eigenvalue weighted by Crippen LogP contribution is 2.31. The van der Waals surface area contributed by atoms with Crippen LogP contribution in [0.1, 0.15) is 5.56 Å². The molecule has 0 bridgehead atoms. The molecule has 2 aromatic heterocycles. The second kappa shape index (κ2) is 7.05. The molecule has 0 radical (unpaired) electrons. The van der Waals surface area contributed by atoms with Crippen LogP contribution in [0.3, 0.4) is 0 Å². The molecule has 3 aromatic rings. The zero-order valence-electron chi connectivity index (χ0n) is 12.8. The number of amides is 1. The maximum absolute atomic E-state index is 11.6. The quantitative estimate of drug-likeness (QED) is 0.765. The van der Waals surface area contributed by atoms with Gasteiger partial charge in [0.15, 0.2) is 5.13 Å². The van der Waals surface area contributed by atoms with Crippen LogP contribution in [0.25, 0.3) is 10.4 Å². The van der Waals surface area contributed by atoms with E-state index in [2.05, 4.69) is 15.2 Å². The number of ether oxygens (including phenoxy) is 1. The second-order valence-corrected chi connectivity index (χ2v) is 5.86. The van der Waals surface area contributed by atoms with E-state index in [4.69, 9.17) is 4.74 Å². The third-order valence-electron chi connectivity index (χ3n) is 3.32. The van der Waals surface area contributed by atoms with Gasteiger partial charge in [-0.2, -0.15) is 10.2 Å². The summed E-state index contributed by atoms with van der Waals surface area (Å²) in [6.07, 6.45) is 3.79. The Hall–Kier alpha value is -3.00. The highest BCUT2D eigenvalue weighted by molar-refractivity contribution is 7.19. The van der Waals surface area contributed by atoms with Crippen LogP contribution in [0.15, 0.2) is 48.9 Å². The lowest BCUT2D eigenvalue weighted by Gasteiger charge is -2.16. The van der Waals surface area contributed by atoms with Crippen molar-refractivity contribution in [2.45, 2.75) is 6.54 Å². The summed E-state index contributed by atoms with van der Waals surface area (Å²) in [5.41, 5.74) is 1.70. The highest BCUT2D eigenvalue weighted by Gasteiger charge is 2.19. The molecule has 0 saturated carbocycles. The van der Waals surface area contributed by atoms with Crippen molar-refractivity contribution >= 4 is 22.6 Å². The topological polar surface area (TPSA) is 88.4 Å². The minimum Gasteiger partial charge on any atom is -0.497 e. The van der Waals surface area contributed by atoms with E-state index in [0.717, 1.165) is 21.8 Å². The predicted octanol–water partition coefficient (Wildman–Crippen LogP) is 3.29. The number of methoxy groups -OCH3 is 1. The lowest BCUT2D eigenvalue weighted by Crippen LogP contribution is -2.28. The maximum Gasteiger partial charge on any atom is 0.413 e. The fourth-order valence-corrected chi connectivity index (χ4v) is 2.99. The minimum absolute atomic E-state index is 0.209. The fraction of sp³-hybridized carbons (Fsp3) is 0.125. The normalized spacial score (nSPS) is 10.4. The van der Waals surface area contributed by atoms with E-state index < -0.39 is 6.09 Å². The molecule has 1 aromatic carbocycles. The van der Waals surface area contributed by atoms with E-state index >= 15 is 0 Å². The molecule has 2 heterocycles. The Labute approximate surface area is 142 Å². The highest BCUT2D eigenvalue weighted by atomic mass is 32.1. The van der Waals surface area contributed by atoms with Crippen molar-refractivity contribution in [3.8, 4) is 16.2 Å². The molecule has 0 spiro atoms. The number of rotatable bonds is 5. The first kappa shape index (κ1) is 15.9. The second-order valence-electron chi connectivity index (χ2n) is 4.85. The van der Waals surface area contributed by atoms with Gasteiger partial charge in [-0.1, -0.05) is 23.5 Å². The van der Waals surface area contributed by atoms with Crippen LogP contribution < -0.4 is 9.64 Å². The van der Waals surface area contributed by atoms with Crippen LogP contribution in [0, 0.1) is 0 Å². The Morgan fingerprint density at radius 3 is 2.62 bits per heavy atom. The summed E-state index contributed by atoms with van der Waals surface area (Å²) >= 11 is 1.29. The van der Waals surface area contributed by atoms with Gasteiger partial charge in [-0.15, -0.1) is 0 Å². The van der Waals surface area contributed by atoms with Crippen LogP contribution >= 0.6 is 11.3 Å². The third kappa shape index (κ3) is 3.49. The van der Waals surface area contributed by atoms with Gasteiger partial charge in [0.1, 0.15) is 5.75 Å². The zero-order valence-corrected chi connectivity index (χ0v) is 13.6. The zero-order chi connectivity index (χ0) is 16.9. The largest absolute Gasteiger partial charge is 0.497 e. The van der Waals surface area contributed by atoms with Gasteiger partial charge < -0.3 is 9.84 Å². The Morgan fingerprint density at radius 1 is 1.21 bits per heavy atom. The maximum atomic E-state index is 11.6. The number of hydrogen-bond acceptors (Lipinski definition) is 6. The minimum atomic E-state index is -1.06. The molecule has 8 heteroatoms. The lowest BCUT2D eigenvalue weighted by atomic mass is 10.2. The van der Waals surface area contributed by atoms with Gasteiger partial charge in [-0.3, -0.25) is 0 Å². The molecule has 0 fully saturated rings. The van der Waals surface area contributed by atoms with Crippen molar-refractivity contribution in [2.75, 3.05) is 12.0 Å². The standard InChI is InChI=1S/C16H14N4O3S/c1-23-13-4-2-11(3-5-13)10-20(16(21)22)15-17-9-14(24-15)12-6-7-18-19-8-12/h2-9H,10H2,1H3,(H,21,22). The SMILES string of the molecule is COc1ccc(CN(C(=O)O)c2ncc(-c3ccnnc3)s2)cc1. The Kier molecular flexibility index (Phi) is 4.66. The number of thiazole rings is 1. The first-order valence-corrected chi connectivity index (χ1v) is 7.85. The monoisotopic (exact) mass is 342 g/mol. The van der Waals surface area contributed by atoms with Gasteiger partial charge in [0.25, 0.3) is 0 Å². The molecule has 0 saturated heterocycles. The molecule has 0 unspecified atom stereocenters. The van der Waals surface area contributed by atoms with E-state index in [0.29, 0.717) is 5.13 Å². The van der Waals surface area contributed by atoms with E-state index in [9.17, 15) is 9.90 Å². The molecule has 122 valence electrons. The lowest BCUT2D eigenvalue weighted by molar-refractivity contribution is 0.201. The molecular weight excluding hydrogens is 328 g/mol. The Morgan fingerprint density at radius 2 is 2.00 bits per heavy atom. The summed E-state index contributed by atoms with van der Waals surface area (Å²) in [4.78, 5) is 17.9. The van der Waals surface area contributed by atoms with Gasteiger partial charge in [-0.05, 0) is 23.8 Å². The number of aromatic nitrogens is 3. The summed E-state index contributed by atoms with van der Waals surface area (Å²) < 4.78 is 5.11. The van der Waals surface area contributed by atoms with Crippen LogP contribution in [0.4, 0.5) is 9.93 Å². The van der Waals surface area contributed by atoms with E-state index in [1.807, 2.05) is 12.1 Å². The summed E-state index contributed by atoms with van der Waals surface area (Å²) in [6, 6.07) is 9.06. The number of benzene rings is 1. The van der Waals surface area contributed by atoms with Crippen molar-refractivity contribution in [2.24, 2.45) is 0 Å². The van der Waals surface area contributed by atoms with Gasteiger partial charge in [0.05, 0.1) is 30.9 Å². The van der Waals surface area contributed by atoms with E-state index in [1.165, 1.54) is 16.2 Å². The summed E-state index contributed by atoms with van der Waals surface area (Å²) in [7, 11) is 1.59. The number of carbonyl (C=O) groups is 1. The summed E-state index contributed by atoms with van der Waals surface area (Å²) in [5.74, 6) is 0.724. The van der Waals surface area contributed by atoms with Crippen LogP contribution in [0.2, 0.25) is 0 Å². The smallest absolute Gasteiger partial charge is 0.413 e. The average molecular weight is 342 g/mol. The summed E-state index contributed by atoms with van der Waals surface area (Å²) in [6.45, 7) is 0.209. The Balaban J connectivity index is 1.83. The van der Waals surface area contributed by atoms with Crippen molar-refractivity contribution in [3.05, 3.63) is 54.5 Å². The van der Waals surface area contributed by atoms with Crippen molar-refractivity contribution in [1.29, 1.82) is 0 Å². The van der Waals surface area contributed by atoms with Gasteiger partial charge in [-0.25, -0.2) is 14.7 Å². The average Bonchev–Trinajstić information content (AvgIpc) is 3.10. The van der Waals surface area contributed by atoms with Gasteiger partial charge >= 0.3 is 6.09 Å². The van der Waals surface area contributed by atoms with Crippen molar-refractivity contribution in [1.82, 2.24) is 15.2 Å². The molecule has 24 heavy (non-hydrogen) atoms. The van der Waals surface area contributed by atoms with Crippen LogP contribution in [0.5, 0.6) is 5.75 Å². The number of anilines is 1. The van der Waals surface area contributed by atoms with Crippen LogP contribution in [-0.4, -0.2) is 33.5 Å². The number of hydrogen-bond donors (Lipinski definition) is 1. The van der Waals surface area contributed by atoms with Crippen molar-refractivity contribution in [3.63, 3.8) is 0 Å². The first-order valence-electron chi connectivity index (χ1n) is 7.03. The fourth-order valence-electron chi connectivity index (χ4n) is 2.09. The number of nitrogens with zero attached hydrogens (tertiary/aromatic N) is 4. The summed E-state index contributed by atoms with van der Waals surface area (Å²) in [5, 5.41) is 17.5. The molecular formula is C16H14N4O3S. The first-order chi connectivity index (χ1) is 11.7. The molecule has 0 aliphatic carbocycles. The predicted molar refractivity (Wildman–Crippen MR) is 90.3 cm³/mol. The molecule has 0 aliphatic rings. The number of carboxylic acid groups (broad SMARTS) is 1. The Bertz CT molecular complexity index is 821. The van der Waals surface area contributed by atoms with Gasteiger partial charge in [0.2, 0.25) is 0 Å². The molecule has 3 rings (SSSR count). The molecule has 1 N–H and O–H groups in total. The van der Waals surface area contributed by atoms with Gasteiger partial charge in [0, 0.05) is 11.8 Å². The molecule has 7 nitrogen and oxygen atoms in total. The third-order valence-corrected chi connectivity index (χ3v) is 4.39. The van der Waals surface area contributed by atoms with Crippen molar-refractivity contribution < 1.29 is 14.6 Å².